The lowest BCUT2D eigenvalue weighted by Crippen LogP contribution is -3.00. The summed E-state index contributed by atoms with van der Waals surface area (Å²) in [6, 6.07) is 0. The first-order valence-electron chi connectivity index (χ1n) is 6.67. The van der Waals surface area contributed by atoms with Crippen LogP contribution in [-0.4, -0.2) is 9.13 Å². The highest BCUT2D eigenvalue weighted by molar-refractivity contribution is 4.65. The van der Waals surface area contributed by atoms with Crippen molar-refractivity contribution in [1.82, 2.24) is 9.13 Å². The average Bonchev–Trinajstić information content (AvgIpc) is 2.90. The number of hydrogen-bond acceptors (Lipinski definition) is 0. The van der Waals surface area contributed by atoms with Gasteiger partial charge in [0.25, 0.3) is 0 Å². The quantitative estimate of drug-likeness (QED) is 0.508. The Labute approximate surface area is 124 Å². The second-order valence-corrected chi connectivity index (χ2v) is 4.63. The number of halogens is 3. The molecule has 0 saturated carbocycles. The molecule has 0 radical (unpaired) electrons. The maximum Gasteiger partial charge on any atom is 0.243 e. The monoisotopic (exact) mass is 308 g/mol. The molecule has 0 fully saturated rings. The second kappa shape index (κ2) is 13.2. The molecule has 0 unspecified atom stereocenters. The van der Waals surface area contributed by atoms with Crippen molar-refractivity contribution in [2.75, 3.05) is 0 Å². The Morgan fingerprint density at radius 3 is 1.29 bits per heavy atom. The molecule has 2 aromatic heterocycles. The fourth-order valence-corrected chi connectivity index (χ4v) is 1.78. The van der Waals surface area contributed by atoms with Crippen molar-refractivity contribution < 1.29 is 23.2 Å². The minimum Gasteiger partial charge on any atom is -1.00 e. The fraction of sp³-hybridized carbons (Fsp3) is 0.571. The molecule has 0 aliphatic rings. The van der Waals surface area contributed by atoms with Crippen LogP contribution in [0.15, 0.2) is 37.4 Å². The molecule has 0 spiro atoms. The van der Waals surface area contributed by atoms with E-state index in [1.807, 2.05) is 14.1 Å². The largest absolute Gasteiger partial charge is 1.00 e. The first-order chi connectivity index (χ1) is 8.65. The van der Waals surface area contributed by atoms with Crippen LogP contribution in [0.2, 0.25) is 0 Å². The van der Waals surface area contributed by atoms with Crippen molar-refractivity contribution in [1.29, 1.82) is 0 Å². The van der Waals surface area contributed by atoms with Crippen molar-refractivity contribution >= 4 is 0 Å². The van der Waals surface area contributed by atoms with Gasteiger partial charge in [-0.2, -0.15) is 0 Å². The van der Waals surface area contributed by atoms with E-state index in [4.69, 9.17) is 0 Å². The van der Waals surface area contributed by atoms with E-state index in [1.165, 1.54) is 12.8 Å². The van der Waals surface area contributed by atoms with Crippen LogP contribution in [0.5, 0.6) is 0 Å². The normalized spacial score (nSPS) is 8.57. The molecule has 0 aliphatic heterocycles. The van der Waals surface area contributed by atoms with Gasteiger partial charge in [-0.3, -0.25) is 4.70 Å². The molecular formula is C14H27F3N4. The summed E-state index contributed by atoms with van der Waals surface area (Å²) in [5.41, 5.74) is 0. The molecule has 0 N–H and O–H groups in total. The summed E-state index contributed by atoms with van der Waals surface area (Å²) in [5.74, 6) is 0. The van der Waals surface area contributed by atoms with E-state index >= 15 is 0 Å². The van der Waals surface area contributed by atoms with Gasteiger partial charge in [-0.1, -0.05) is 13.8 Å². The summed E-state index contributed by atoms with van der Waals surface area (Å²) in [5, 5.41) is 0. The highest BCUT2D eigenvalue weighted by atomic mass is 19.0. The van der Waals surface area contributed by atoms with Crippen LogP contribution in [0.4, 0.5) is 4.70 Å². The number of aromatic nitrogens is 4. The minimum atomic E-state index is 0. The summed E-state index contributed by atoms with van der Waals surface area (Å²) in [6.45, 7) is 6.61. The topological polar surface area (TPSA) is 17.6 Å². The summed E-state index contributed by atoms with van der Waals surface area (Å²) in [7, 11) is 4.07. The zero-order chi connectivity index (χ0) is 13.4. The van der Waals surface area contributed by atoms with Gasteiger partial charge in [0.2, 0.25) is 12.7 Å². The number of aryl methyl sites for hydroxylation is 4. The van der Waals surface area contributed by atoms with Crippen molar-refractivity contribution in [3.63, 3.8) is 0 Å². The van der Waals surface area contributed by atoms with Crippen LogP contribution < -0.4 is 18.5 Å². The van der Waals surface area contributed by atoms with Gasteiger partial charge < -0.3 is 9.41 Å². The first kappa shape index (κ1) is 24.2. The smallest absolute Gasteiger partial charge is 0.243 e. The van der Waals surface area contributed by atoms with E-state index in [0.717, 1.165) is 13.1 Å². The molecule has 21 heavy (non-hydrogen) atoms. The molecule has 0 aromatic carbocycles. The molecule has 0 saturated heterocycles. The molecule has 124 valence electrons. The zero-order valence-electron chi connectivity index (χ0n) is 13.2. The van der Waals surface area contributed by atoms with Gasteiger partial charge in [-0.25, -0.2) is 18.3 Å². The fourth-order valence-electron chi connectivity index (χ4n) is 1.78. The third-order valence-corrected chi connectivity index (χ3v) is 2.61. The third kappa shape index (κ3) is 9.70. The summed E-state index contributed by atoms with van der Waals surface area (Å²) in [6.07, 6.45) is 14.9. The van der Waals surface area contributed by atoms with Crippen molar-refractivity contribution in [2.24, 2.45) is 14.1 Å². The van der Waals surface area contributed by atoms with Crippen molar-refractivity contribution in [2.45, 2.75) is 39.8 Å². The predicted molar refractivity (Wildman–Crippen MR) is 74.3 cm³/mol. The van der Waals surface area contributed by atoms with Gasteiger partial charge in [0, 0.05) is 0 Å². The highest BCUT2D eigenvalue weighted by Gasteiger charge is 1.95. The lowest BCUT2D eigenvalue weighted by Gasteiger charge is -1.86. The van der Waals surface area contributed by atoms with Crippen molar-refractivity contribution in [3.05, 3.63) is 37.4 Å². The summed E-state index contributed by atoms with van der Waals surface area (Å²) in [4.78, 5) is 0. The Kier molecular flexibility index (Phi) is 15.2. The van der Waals surface area contributed by atoms with E-state index in [2.05, 4.69) is 69.6 Å². The van der Waals surface area contributed by atoms with Gasteiger partial charge >= 0.3 is 0 Å². The lowest BCUT2D eigenvalue weighted by atomic mass is 10.5. The lowest BCUT2D eigenvalue weighted by molar-refractivity contribution is -0.671. The third-order valence-electron chi connectivity index (χ3n) is 2.61. The Bertz CT molecular complexity index is 412. The van der Waals surface area contributed by atoms with E-state index in [9.17, 15) is 0 Å². The molecule has 2 rings (SSSR count). The molecule has 7 heteroatoms. The predicted octanol–water partition coefficient (Wildman–Crippen LogP) is -4.39. The zero-order valence-corrected chi connectivity index (χ0v) is 13.2. The maximum atomic E-state index is 2.18. The average molecular weight is 308 g/mol. The molecule has 0 atom stereocenters. The van der Waals surface area contributed by atoms with E-state index in [1.54, 1.807) is 0 Å². The first-order valence-corrected chi connectivity index (χ1v) is 6.67. The SMILES string of the molecule is CCCn1cc[n+](C)c1.CCCn1cc[n+](C)c1.F.[F-].[F-]. The standard InChI is InChI=1S/2C7H13N2.3FH/c2*1-3-4-9-6-5-8(2)7-9;;;/h2*5-7H,3-4H2,1-2H3;3*1H/q2*+1;;;/p-2. The van der Waals surface area contributed by atoms with Crippen LogP contribution in [-0.2, 0) is 27.2 Å². The Morgan fingerprint density at radius 1 is 0.762 bits per heavy atom. The molecule has 2 aromatic rings. The molecule has 2 heterocycles. The molecule has 4 nitrogen and oxygen atoms in total. The van der Waals surface area contributed by atoms with Gasteiger partial charge in [0.15, 0.2) is 0 Å². The number of rotatable bonds is 4. The van der Waals surface area contributed by atoms with Crippen LogP contribution in [0, 0.1) is 0 Å². The summed E-state index contributed by atoms with van der Waals surface area (Å²) >= 11 is 0. The number of imidazole rings is 2. The Morgan fingerprint density at radius 2 is 1.10 bits per heavy atom. The molecule has 0 aliphatic carbocycles. The number of nitrogens with zero attached hydrogens (tertiary/aromatic N) is 4. The Hall–Kier alpha value is -1.79. The van der Waals surface area contributed by atoms with Gasteiger partial charge in [0.05, 0.1) is 27.2 Å². The van der Waals surface area contributed by atoms with E-state index in [-0.39, 0.29) is 14.1 Å². The van der Waals surface area contributed by atoms with Crippen LogP contribution in [0.25, 0.3) is 0 Å². The molecular weight excluding hydrogens is 281 g/mol. The van der Waals surface area contributed by atoms with E-state index < -0.39 is 0 Å². The van der Waals surface area contributed by atoms with Crippen molar-refractivity contribution in [3.8, 4) is 0 Å². The molecule has 0 bridgehead atoms. The van der Waals surface area contributed by atoms with Crippen LogP contribution in [0.1, 0.15) is 26.7 Å². The Balaban J connectivity index is -0.000000270. The van der Waals surface area contributed by atoms with Gasteiger partial charge in [-0.15, -0.1) is 0 Å². The van der Waals surface area contributed by atoms with Gasteiger partial charge in [0.1, 0.15) is 24.8 Å². The van der Waals surface area contributed by atoms with Crippen LogP contribution in [0.3, 0.4) is 0 Å². The van der Waals surface area contributed by atoms with Crippen LogP contribution >= 0.6 is 0 Å². The second-order valence-electron chi connectivity index (χ2n) is 4.63. The molecule has 0 amide bonds. The summed E-state index contributed by atoms with van der Waals surface area (Å²) < 4.78 is 8.46. The van der Waals surface area contributed by atoms with Gasteiger partial charge in [-0.05, 0) is 12.8 Å². The maximum absolute atomic E-state index is 2.18. The minimum absolute atomic E-state index is 0. The highest BCUT2D eigenvalue weighted by Crippen LogP contribution is 1.86. The number of hydrogen-bond donors (Lipinski definition) is 0. The van der Waals surface area contributed by atoms with E-state index in [0.29, 0.717) is 0 Å².